The van der Waals surface area contributed by atoms with E-state index in [-0.39, 0.29) is 0 Å². The van der Waals surface area contributed by atoms with Gasteiger partial charge in [-0.3, -0.25) is 4.68 Å². The van der Waals surface area contributed by atoms with Crippen molar-refractivity contribution in [2.24, 2.45) is 0 Å². The maximum absolute atomic E-state index is 5.70. The van der Waals surface area contributed by atoms with E-state index < -0.39 is 0 Å². The van der Waals surface area contributed by atoms with Crippen LogP contribution in [0.25, 0.3) is 0 Å². The maximum Gasteiger partial charge on any atom is 0.200 e. The van der Waals surface area contributed by atoms with Crippen molar-refractivity contribution < 1.29 is 0 Å². The quantitative estimate of drug-likeness (QED) is 0.775. The zero-order valence-electron chi connectivity index (χ0n) is 8.09. The third-order valence-electron chi connectivity index (χ3n) is 2.06. The van der Waals surface area contributed by atoms with Gasteiger partial charge in [-0.1, -0.05) is 0 Å². The van der Waals surface area contributed by atoms with Crippen molar-refractivity contribution in [2.75, 3.05) is 5.73 Å². The zero-order valence-corrected chi connectivity index (χ0v) is 8.09. The number of nitrogens with two attached hydrogens (primary N) is 1. The number of nitrogen functional groups attached to an aromatic ring is 1. The standard InChI is InChI=1S/C9H13N5/c1-8-7-13(9(10)12-8)5-6-14-4-2-3-11-14/h2-4,7H,5-6H2,1H3,(H2,10,12). The summed E-state index contributed by atoms with van der Waals surface area (Å²) in [5.41, 5.74) is 6.65. The lowest BCUT2D eigenvalue weighted by Crippen LogP contribution is -2.09. The topological polar surface area (TPSA) is 61.7 Å². The van der Waals surface area contributed by atoms with Gasteiger partial charge in [-0.15, -0.1) is 0 Å². The lowest BCUT2D eigenvalue weighted by Gasteiger charge is -2.03. The molecule has 2 aromatic rings. The minimum absolute atomic E-state index is 0.564. The number of nitrogens with zero attached hydrogens (tertiary/aromatic N) is 4. The van der Waals surface area contributed by atoms with Gasteiger partial charge in [-0.25, -0.2) is 4.98 Å². The highest BCUT2D eigenvalue weighted by molar-refractivity contribution is 5.20. The predicted octanol–water partition coefficient (Wildman–Crippen LogP) is 0.670. The first kappa shape index (κ1) is 8.80. The molecule has 0 fully saturated rings. The molecule has 0 radical (unpaired) electrons. The van der Waals surface area contributed by atoms with E-state index in [2.05, 4.69) is 10.1 Å². The molecule has 0 aliphatic carbocycles. The average Bonchev–Trinajstić information content (AvgIpc) is 2.72. The van der Waals surface area contributed by atoms with Gasteiger partial charge in [0, 0.05) is 25.1 Å². The maximum atomic E-state index is 5.70. The summed E-state index contributed by atoms with van der Waals surface area (Å²) in [5, 5.41) is 4.11. The Bertz CT molecular complexity index is 401. The highest BCUT2D eigenvalue weighted by atomic mass is 15.3. The smallest absolute Gasteiger partial charge is 0.200 e. The van der Waals surface area contributed by atoms with Gasteiger partial charge in [0.25, 0.3) is 0 Å². The van der Waals surface area contributed by atoms with Crippen molar-refractivity contribution in [3.05, 3.63) is 30.4 Å². The fourth-order valence-electron chi connectivity index (χ4n) is 1.39. The van der Waals surface area contributed by atoms with Gasteiger partial charge >= 0.3 is 0 Å². The van der Waals surface area contributed by atoms with Crippen molar-refractivity contribution in [3.8, 4) is 0 Å². The molecule has 2 heterocycles. The summed E-state index contributed by atoms with van der Waals surface area (Å²) in [6, 6.07) is 1.91. The number of aryl methyl sites for hydroxylation is 3. The predicted molar refractivity (Wildman–Crippen MR) is 53.6 cm³/mol. The Hall–Kier alpha value is -1.78. The first-order valence-electron chi connectivity index (χ1n) is 4.52. The highest BCUT2D eigenvalue weighted by Gasteiger charge is 2.00. The lowest BCUT2D eigenvalue weighted by molar-refractivity contribution is 0.537. The number of rotatable bonds is 3. The Morgan fingerprint density at radius 3 is 2.86 bits per heavy atom. The van der Waals surface area contributed by atoms with Crippen LogP contribution in [0.3, 0.4) is 0 Å². The van der Waals surface area contributed by atoms with Crippen LogP contribution in [-0.4, -0.2) is 19.3 Å². The normalized spacial score (nSPS) is 10.6. The van der Waals surface area contributed by atoms with Crippen LogP contribution in [0, 0.1) is 6.92 Å². The third-order valence-corrected chi connectivity index (χ3v) is 2.06. The van der Waals surface area contributed by atoms with Crippen LogP contribution >= 0.6 is 0 Å². The molecule has 0 bridgehead atoms. The van der Waals surface area contributed by atoms with Gasteiger partial charge in [-0.2, -0.15) is 5.10 Å². The van der Waals surface area contributed by atoms with Crippen molar-refractivity contribution in [1.29, 1.82) is 0 Å². The molecular formula is C9H13N5. The molecule has 2 aromatic heterocycles. The molecular weight excluding hydrogens is 178 g/mol. The molecule has 0 aliphatic heterocycles. The number of aromatic nitrogens is 4. The van der Waals surface area contributed by atoms with Gasteiger partial charge in [-0.05, 0) is 13.0 Å². The fourth-order valence-corrected chi connectivity index (χ4v) is 1.39. The number of anilines is 1. The van der Waals surface area contributed by atoms with E-state index in [0.29, 0.717) is 5.95 Å². The first-order chi connectivity index (χ1) is 6.75. The summed E-state index contributed by atoms with van der Waals surface area (Å²) < 4.78 is 3.80. The van der Waals surface area contributed by atoms with Crippen LogP contribution in [0.4, 0.5) is 5.95 Å². The van der Waals surface area contributed by atoms with E-state index in [1.807, 2.05) is 34.6 Å². The van der Waals surface area contributed by atoms with Crippen LogP contribution in [0.5, 0.6) is 0 Å². The number of hydrogen-bond donors (Lipinski definition) is 1. The minimum Gasteiger partial charge on any atom is -0.369 e. The van der Waals surface area contributed by atoms with Gasteiger partial charge in [0.15, 0.2) is 5.95 Å². The van der Waals surface area contributed by atoms with E-state index in [4.69, 9.17) is 5.73 Å². The Labute approximate surface area is 82.2 Å². The third kappa shape index (κ3) is 1.76. The Morgan fingerprint density at radius 1 is 1.43 bits per heavy atom. The van der Waals surface area contributed by atoms with Gasteiger partial charge in [0.2, 0.25) is 0 Å². The van der Waals surface area contributed by atoms with E-state index in [9.17, 15) is 0 Å². The second-order valence-corrected chi connectivity index (χ2v) is 3.20. The van der Waals surface area contributed by atoms with E-state index in [0.717, 1.165) is 18.8 Å². The molecule has 5 heteroatoms. The van der Waals surface area contributed by atoms with Crippen molar-refractivity contribution >= 4 is 5.95 Å². The van der Waals surface area contributed by atoms with Crippen LogP contribution in [0.2, 0.25) is 0 Å². The molecule has 0 aromatic carbocycles. The van der Waals surface area contributed by atoms with Gasteiger partial charge in [0.1, 0.15) is 0 Å². The zero-order chi connectivity index (χ0) is 9.97. The summed E-state index contributed by atoms with van der Waals surface area (Å²) in [4.78, 5) is 4.12. The van der Waals surface area contributed by atoms with Crippen LogP contribution in [-0.2, 0) is 13.1 Å². The van der Waals surface area contributed by atoms with E-state index in [1.165, 1.54) is 0 Å². The fraction of sp³-hybridized carbons (Fsp3) is 0.333. The molecule has 0 amide bonds. The van der Waals surface area contributed by atoms with Crippen molar-refractivity contribution in [2.45, 2.75) is 20.0 Å². The molecule has 5 nitrogen and oxygen atoms in total. The Kier molecular flexibility index (Phi) is 2.22. The molecule has 0 spiro atoms. The molecule has 0 aliphatic rings. The summed E-state index contributed by atoms with van der Waals surface area (Å²) in [6.45, 7) is 3.54. The van der Waals surface area contributed by atoms with Crippen LogP contribution in [0.1, 0.15) is 5.69 Å². The molecule has 14 heavy (non-hydrogen) atoms. The van der Waals surface area contributed by atoms with Gasteiger partial charge < -0.3 is 10.3 Å². The largest absolute Gasteiger partial charge is 0.369 e. The Balaban J connectivity index is 2.01. The molecule has 0 saturated carbocycles. The van der Waals surface area contributed by atoms with Crippen molar-refractivity contribution in [1.82, 2.24) is 19.3 Å². The molecule has 2 rings (SSSR count). The van der Waals surface area contributed by atoms with Crippen LogP contribution in [0.15, 0.2) is 24.7 Å². The lowest BCUT2D eigenvalue weighted by atomic mass is 10.5. The number of imidazole rings is 1. The van der Waals surface area contributed by atoms with Crippen molar-refractivity contribution in [3.63, 3.8) is 0 Å². The molecule has 0 unspecified atom stereocenters. The SMILES string of the molecule is Cc1cn(CCn2cccn2)c(N)n1. The van der Waals surface area contributed by atoms with E-state index in [1.54, 1.807) is 6.20 Å². The summed E-state index contributed by atoms with van der Waals surface area (Å²) in [5.74, 6) is 0.564. The average molecular weight is 191 g/mol. The highest BCUT2D eigenvalue weighted by Crippen LogP contribution is 2.03. The second kappa shape index (κ2) is 3.53. The molecule has 0 saturated heterocycles. The van der Waals surface area contributed by atoms with Crippen LogP contribution < -0.4 is 5.73 Å². The minimum atomic E-state index is 0.564. The Morgan fingerprint density at radius 2 is 2.29 bits per heavy atom. The van der Waals surface area contributed by atoms with E-state index >= 15 is 0 Å². The summed E-state index contributed by atoms with van der Waals surface area (Å²) >= 11 is 0. The monoisotopic (exact) mass is 191 g/mol. The summed E-state index contributed by atoms with van der Waals surface area (Å²) in [7, 11) is 0. The summed E-state index contributed by atoms with van der Waals surface area (Å²) in [6.07, 6.45) is 5.64. The van der Waals surface area contributed by atoms with Gasteiger partial charge in [0.05, 0.1) is 12.2 Å². The molecule has 0 atom stereocenters. The second-order valence-electron chi connectivity index (χ2n) is 3.20. The molecule has 74 valence electrons. The first-order valence-corrected chi connectivity index (χ1v) is 4.52. The number of hydrogen-bond acceptors (Lipinski definition) is 3. The molecule has 2 N–H and O–H groups in total.